The molecule has 116 valence electrons. The summed E-state index contributed by atoms with van der Waals surface area (Å²) in [7, 11) is 1.66. The molecule has 0 aliphatic carbocycles. The van der Waals surface area contributed by atoms with E-state index in [9.17, 15) is 0 Å². The van der Waals surface area contributed by atoms with Crippen molar-refractivity contribution >= 4 is 5.82 Å². The molecule has 1 aromatic heterocycles. The second-order valence-corrected chi connectivity index (χ2v) is 5.76. The lowest BCUT2D eigenvalue weighted by atomic mass is 10.0. The van der Waals surface area contributed by atoms with Crippen LogP contribution in [0.25, 0.3) is 11.3 Å². The van der Waals surface area contributed by atoms with Gasteiger partial charge < -0.3 is 14.8 Å². The van der Waals surface area contributed by atoms with Gasteiger partial charge in [0, 0.05) is 18.7 Å². The van der Waals surface area contributed by atoms with Gasteiger partial charge in [0.2, 0.25) is 0 Å². The number of nitrogens with zero attached hydrogens (tertiary/aromatic N) is 2. The number of hydrogen-bond donors (Lipinski definition) is 1. The van der Waals surface area contributed by atoms with Gasteiger partial charge in [0.05, 0.1) is 18.4 Å². The molecule has 1 saturated heterocycles. The quantitative estimate of drug-likeness (QED) is 0.919. The van der Waals surface area contributed by atoms with Crippen molar-refractivity contribution in [3.05, 3.63) is 36.4 Å². The lowest BCUT2D eigenvalue weighted by Crippen LogP contribution is -2.32. The van der Waals surface area contributed by atoms with Crippen molar-refractivity contribution in [2.75, 3.05) is 25.6 Å². The maximum absolute atomic E-state index is 5.76. The van der Waals surface area contributed by atoms with Crippen LogP contribution in [0.1, 0.15) is 19.8 Å². The van der Waals surface area contributed by atoms with Crippen LogP contribution >= 0.6 is 0 Å². The summed E-state index contributed by atoms with van der Waals surface area (Å²) in [5, 5.41) is 11.8. The number of benzene rings is 1. The Kier molecular flexibility index (Phi) is 4.24. The third-order valence-electron chi connectivity index (χ3n) is 3.99. The number of para-hydroxylation sites is 1. The summed E-state index contributed by atoms with van der Waals surface area (Å²) < 4.78 is 11.1. The summed E-state index contributed by atoms with van der Waals surface area (Å²) in [4.78, 5) is 0. The fraction of sp³-hybridized carbons (Fsp3) is 0.412. The van der Waals surface area contributed by atoms with E-state index in [1.807, 2.05) is 36.4 Å². The Labute approximate surface area is 130 Å². The third kappa shape index (κ3) is 3.20. The van der Waals surface area contributed by atoms with E-state index < -0.39 is 0 Å². The highest BCUT2D eigenvalue weighted by Gasteiger charge is 2.29. The Morgan fingerprint density at radius 3 is 2.77 bits per heavy atom. The molecular weight excluding hydrogens is 278 g/mol. The zero-order valence-corrected chi connectivity index (χ0v) is 13.0. The molecule has 0 radical (unpaired) electrons. The van der Waals surface area contributed by atoms with Gasteiger partial charge in [-0.1, -0.05) is 12.1 Å². The molecular formula is C17H21N3O2. The fourth-order valence-corrected chi connectivity index (χ4v) is 2.68. The summed E-state index contributed by atoms with van der Waals surface area (Å²) in [5.74, 6) is 1.56. The van der Waals surface area contributed by atoms with Gasteiger partial charge in [-0.25, -0.2) is 0 Å². The second kappa shape index (κ2) is 6.32. The number of anilines is 1. The minimum atomic E-state index is -0.0942. The first-order valence-corrected chi connectivity index (χ1v) is 7.55. The molecule has 22 heavy (non-hydrogen) atoms. The lowest BCUT2D eigenvalue weighted by Gasteiger charge is -2.23. The van der Waals surface area contributed by atoms with Gasteiger partial charge in [-0.05, 0) is 44.0 Å². The molecule has 2 heterocycles. The van der Waals surface area contributed by atoms with Crippen LogP contribution in [0.5, 0.6) is 5.75 Å². The Bertz CT molecular complexity index is 622. The van der Waals surface area contributed by atoms with Crippen LogP contribution in [0.4, 0.5) is 5.82 Å². The average molecular weight is 299 g/mol. The van der Waals surface area contributed by atoms with E-state index in [0.717, 1.165) is 48.8 Å². The normalized spacial score (nSPS) is 20.8. The van der Waals surface area contributed by atoms with E-state index in [0.29, 0.717) is 0 Å². The molecule has 1 atom stereocenters. The molecule has 1 N–H and O–H groups in total. The summed E-state index contributed by atoms with van der Waals surface area (Å²) in [6.45, 7) is 3.72. The van der Waals surface area contributed by atoms with Gasteiger partial charge >= 0.3 is 0 Å². The second-order valence-electron chi connectivity index (χ2n) is 5.76. The first-order valence-electron chi connectivity index (χ1n) is 7.55. The van der Waals surface area contributed by atoms with E-state index in [2.05, 4.69) is 22.4 Å². The number of ether oxygens (including phenoxy) is 2. The van der Waals surface area contributed by atoms with Crippen LogP contribution in [0.3, 0.4) is 0 Å². The molecule has 1 unspecified atom stereocenters. The average Bonchev–Trinajstić information content (AvgIpc) is 3.00. The van der Waals surface area contributed by atoms with E-state index in [-0.39, 0.29) is 5.60 Å². The van der Waals surface area contributed by atoms with Crippen molar-refractivity contribution in [2.45, 2.75) is 25.4 Å². The molecule has 1 aliphatic rings. The van der Waals surface area contributed by atoms with Crippen LogP contribution in [-0.4, -0.2) is 36.1 Å². The molecule has 5 nitrogen and oxygen atoms in total. The molecule has 1 aliphatic heterocycles. The number of hydrogen-bond acceptors (Lipinski definition) is 5. The molecule has 0 bridgehead atoms. The van der Waals surface area contributed by atoms with Crippen molar-refractivity contribution < 1.29 is 9.47 Å². The topological polar surface area (TPSA) is 56.3 Å². The number of methoxy groups -OCH3 is 1. The molecule has 2 aromatic rings. The summed E-state index contributed by atoms with van der Waals surface area (Å²) >= 11 is 0. The fourth-order valence-electron chi connectivity index (χ4n) is 2.68. The monoisotopic (exact) mass is 299 g/mol. The van der Waals surface area contributed by atoms with E-state index in [1.54, 1.807) is 7.11 Å². The highest BCUT2D eigenvalue weighted by molar-refractivity contribution is 5.67. The van der Waals surface area contributed by atoms with Crippen LogP contribution in [0, 0.1) is 0 Å². The minimum Gasteiger partial charge on any atom is -0.496 e. The largest absolute Gasteiger partial charge is 0.496 e. The van der Waals surface area contributed by atoms with Gasteiger partial charge in [-0.3, -0.25) is 0 Å². The predicted octanol–water partition coefficient (Wildman–Crippen LogP) is 3.13. The third-order valence-corrected chi connectivity index (χ3v) is 3.99. The van der Waals surface area contributed by atoms with Gasteiger partial charge in [0.15, 0.2) is 0 Å². The molecule has 1 aromatic carbocycles. The Morgan fingerprint density at radius 1 is 1.23 bits per heavy atom. The molecule has 3 rings (SSSR count). The van der Waals surface area contributed by atoms with Crippen molar-refractivity contribution in [3.63, 3.8) is 0 Å². The van der Waals surface area contributed by atoms with Gasteiger partial charge in [-0.15, -0.1) is 10.2 Å². The lowest BCUT2D eigenvalue weighted by molar-refractivity contribution is 0.0314. The van der Waals surface area contributed by atoms with Crippen LogP contribution in [0.2, 0.25) is 0 Å². The maximum Gasteiger partial charge on any atom is 0.148 e. The first kappa shape index (κ1) is 14.8. The minimum absolute atomic E-state index is 0.0942. The SMILES string of the molecule is COc1ccccc1-c1ccc(NCC2(C)CCCO2)nn1. The van der Waals surface area contributed by atoms with Gasteiger partial charge in [0.1, 0.15) is 11.6 Å². The van der Waals surface area contributed by atoms with Crippen molar-refractivity contribution in [3.8, 4) is 17.0 Å². The van der Waals surface area contributed by atoms with E-state index in [4.69, 9.17) is 9.47 Å². The van der Waals surface area contributed by atoms with Gasteiger partial charge in [-0.2, -0.15) is 0 Å². The van der Waals surface area contributed by atoms with Crippen LogP contribution < -0.4 is 10.1 Å². The van der Waals surface area contributed by atoms with Crippen molar-refractivity contribution in [1.82, 2.24) is 10.2 Å². The number of nitrogens with one attached hydrogen (secondary N) is 1. The molecule has 0 spiro atoms. The zero-order valence-electron chi connectivity index (χ0n) is 13.0. The van der Waals surface area contributed by atoms with Crippen molar-refractivity contribution in [1.29, 1.82) is 0 Å². The molecule has 1 fully saturated rings. The highest BCUT2D eigenvalue weighted by Crippen LogP contribution is 2.28. The Balaban J connectivity index is 1.70. The zero-order chi connectivity index (χ0) is 15.4. The van der Waals surface area contributed by atoms with Crippen molar-refractivity contribution in [2.24, 2.45) is 0 Å². The van der Waals surface area contributed by atoms with Crippen LogP contribution in [0.15, 0.2) is 36.4 Å². The van der Waals surface area contributed by atoms with E-state index in [1.165, 1.54) is 0 Å². The molecule has 5 heteroatoms. The Morgan fingerprint density at radius 2 is 2.09 bits per heavy atom. The standard InChI is InChI=1S/C17H21N3O2/c1-17(10-5-11-22-17)12-18-16-9-8-14(19-20-16)13-6-3-4-7-15(13)21-2/h3-4,6-9H,5,10-12H2,1-2H3,(H,18,20). The smallest absolute Gasteiger partial charge is 0.148 e. The molecule has 0 amide bonds. The van der Waals surface area contributed by atoms with E-state index >= 15 is 0 Å². The summed E-state index contributed by atoms with van der Waals surface area (Å²) in [6, 6.07) is 11.7. The van der Waals surface area contributed by atoms with Gasteiger partial charge in [0.25, 0.3) is 0 Å². The predicted molar refractivity (Wildman–Crippen MR) is 86.1 cm³/mol. The number of rotatable bonds is 5. The van der Waals surface area contributed by atoms with Crippen LogP contribution in [-0.2, 0) is 4.74 Å². The Hall–Kier alpha value is -2.14. The summed E-state index contributed by atoms with van der Waals surface area (Å²) in [5.41, 5.74) is 1.64. The number of aromatic nitrogens is 2. The first-order chi connectivity index (χ1) is 10.7. The molecule has 0 saturated carbocycles. The highest BCUT2D eigenvalue weighted by atomic mass is 16.5. The maximum atomic E-state index is 5.76. The summed E-state index contributed by atoms with van der Waals surface area (Å²) in [6.07, 6.45) is 2.20.